The second-order valence-electron chi connectivity index (χ2n) is 5.37. The van der Waals surface area contributed by atoms with E-state index in [1.165, 1.54) is 17.8 Å². The zero-order valence-corrected chi connectivity index (χ0v) is 13.3. The molecule has 0 atom stereocenters. The van der Waals surface area contributed by atoms with E-state index in [0.717, 1.165) is 6.42 Å². The molecule has 0 spiro atoms. The molecule has 5 heteroatoms. The van der Waals surface area contributed by atoms with Gasteiger partial charge in [-0.2, -0.15) is 5.10 Å². The molecule has 0 radical (unpaired) electrons. The first-order valence-electron chi connectivity index (χ1n) is 6.93. The minimum Gasteiger partial charge on any atom is -0.268 e. The van der Waals surface area contributed by atoms with Crippen LogP contribution in [0.2, 0.25) is 0 Å². The van der Waals surface area contributed by atoms with Crippen LogP contribution in [0.5, 0.6) is 0 Å². The van der Waals surface area contributed by atoms with Gasteiger partial charge < -0.3 is 0 Å². The lowest BCUT2D eigenvalue weighted by Gasteiger charge is -2.10. The minimum absolute atomic E-state index is 0.192. The predicted molar refractivity (Wildman–Crippen MR) is 85.2 cm³/mol. The quantitative estimate of drug-likeness (QED) is 0.853. The van der Waals surface area contributed by atoms with Crippen molar-refractivity contribution in [3.8, 4) is 11.1 Å². The van der Waals surface area contributed by atoms with Crippen LogP contribution in [-0.4, -0.2) is 16.5 Å². The average Bonchev–Trinajstić information content (AvgIpc) is 2.45. The molecule has 0 fully saturated rings. The summed E-state index contributed by atoms with van der Waals surface area (Å²) in [7, 11) is 0. The highest BCUT2D eigenvalue weighted by Gasteiger charge is 2.12. The summed E-state index contributed by atoms with van der Waals surface area (Å²) >= 11 is 1.36. The molecule has 0 saturated carbocycles. The Hall–Kier alpha value is -1.62. The van der Waals surface area contributed by atoms with Gasteiger partial charge in [0.1, 0.15) is 5.82 Å². The first-order chi connectivity index (χ1) is 10.0. The maximum Gasteiger partial charge on any atom is 0.267 e. The molecular formula is C16H19FN2OS. The van der Waals surface area contributed by atoms with Crippen molar-refractivity contribution in [2.24, 2.45) is 5.92 Å². The topological polar surface area (TPSA) is 45.8 Å². The van der Waals surface area contributed by atoms with E-state index in [0.29, 0.717) is 33.9 Å². The van der Waals surface area contributed by atoms with Crippen LogP contribution in [0.1, 0.15) is 25.8 Å². The summed E-state index contributed by atoms with van der Waals surface area (Å²) in [6, 6.07) is 5.05. The van der Waals surface area contributed by atoms with Crippen molar-refractivity contribution in [2.75, 3.05) is 6.26 Å². The van der Waals surface area contributed by atoms with Gasteiger partial charge in [-0.15, -0.1) is 11.8 Å². The standard InChI is InChI=1S/C16H19FN2OS/c1-10(2)4-6-12-13(9-18-19-16(12)20)11-5-7-15(21-3)14(17)8-11/h5,7-10H,4,6H2,1-3H3,(H,19,20). The van der Waals surface area contributed by atoms with Crippen molar-refractivity contribution in [1.29, 1.82) is 0 Å². The summed E-state index contributed by atoms with van der Waals surface area (Å²) in [5, 5.41) is 6.32. The lowest BCUT2D eigenvalue weighted by molar-refractivity contribution is 0.584. The van der Waals surface area contributed by atoms with Crippen LogP contribution in [0.15, 0.2) is 34.1 Å². The number of halogens is 1. The fourth-order valence-corrected chi connectivity index (χ4v) is 2.65. The molecule has 1 aromatic heterocycles. The van der Waals surface area contributed by atoms with E-state index in [-0.39, 0.29) is 11.4 Å². The van der Waals surface area contributed by atoms with Crippen LogP contribution in [0, 0.1) is 11.7 Å². The molecule has 0 aliphatic heterocycles. The van der Waals surface area contributed by atoms with E-state index in [4.69, 9.17) is 0 Å². The Morgan fingerprint density at radius 1 is 1.38 bits per heavy atom. The molecule has 0 amide bonds. The number of rotatable bonds is 5. The minimum atomic E-state index is -0.268. The van der Waals surface area contributed by atoms with E-state index >= 15 is 0 Å². The van der Waals surface area contributed by atoms with Gasteiger partial charge in [-0.1, -0.05) is 19.9 Å². The van der Waals surface area contributed by atoms with Gasteiger partial charge in [-0.05, 0) is 42.7 Å². The molecule has 1 N–H and O–H groups in total. The van der Waals surface area contributed by atoms with Gasteiger partial charge in [0.05, 0.1) is 6.20 Å². The summed E-state index contributed by atoms with van der Waals surface area (Å²) in [5.74, 6) is 0.233. The van der Waals surface area contributed by atoms with Crippen LogP contribution in [0.3, 0.4) is 0 Å². The van der Waals surface area contributed by atoms with Gasteiger partial charge in [-0.25, -0.2) is 9.49 Å². The second kappa shape index (κ2) is 6.89. The van der Waals surface area contributed by atoms with Gasteiger partial charge in [0.2, 0.25) is 0 Å². The van der Waals surface area contributed by atoms with Crippen LogP contribution in [0.25, 0.3) is 11.1 Å². The number of thioether (sulfide) groups is 1. The third-order valence-electron chi connectivity index (χ3n) is 3.39. The van der Waals surface area contributed by atoms with E-state index < -0.39 is 0 Å². The summed E-state index contributed by atoms with van der Waals surface area (Å²) in [4.78, 5) is 12.6. The largest absolute Gasteiger partial charge is 0.268 e. The number of hydrogen-bond acceptors (Lipinski definition) is 3. The van der Waals surface area contributed by atoms with E-state index in [1.807, 2.05) is 12.3 Å². The molecule has 0 aliphatic carbocycles. The van der Waals surface area contributed by atoms with Gasteiger partial charge >= 0.3 is 0 Å². The van der Waals surface area contributed by atoms with E-state index in [1.54, 1.807) is 12.3 Å². The fraction of sp³-hybridized carbons (Fsp3) is 0.375. The van der Waals surface area contributed by atoms with Crippen LogP contribution >= 0.6 is 11.8 Å². The SMILES string of the molecule is CSc1ccc(-c2cn[nH]c(=O)c2CCC(C)C)cc1F. The van der Waals surface area contributed by atoms with Gasteiger partial charge in [0, 0.05) is 16.0 Å². The molecule has 0 unspecified atom stereocenters. The molecule has 3 nitrogen and oxygen atoms in total. The third-order valence-corrected chi connectivity index (χ3v) is 4.16. The maximum atomic E-state index is 14.0. The van der Waals surface area contributed by atoms with Crippen molar-refractivity contribution >= 4 is 11.8 Å². The van der Waals surface area contributed by atoms with Crippen molar-refractivity contribution in [2.45, 2.75) is 31.6 Å². The Morgan fingerprint density at radius 2 is 2.14 bits per heavy atom. The Kier molecular flexibility index (Phi) is 5.17. The zero-order valence-electron chi connectivity index (χ0n) is 12.4. The number of benzene rings is 1. The van der Waals surface area contributed by atoms with Gasteiger partial charge in [0.25, 0.3) is 5.56 Å². The van der Waals surface area contributed by atoms with Crippen molar-refractivity contribution < 1.29 is 4.39 Å². The van der Waals surface area contributed by atoms with Crippen molar-refractivity contribution in [3.05, 3.63) is 46.1 Å². The lowest BCUT2D eigenvalue weighted by atomic mass is 9.97. The summed E-state index contributed by atoms with van der Waals surface area (Å²) in [5.41, 5.74) is 1.89. The highest BCUT2D eigenvalue weighted by atomic mass is 32.2. The smallest absolute Gasteiger partial charge is 0.267 e. The zero-order chi connectivity index (χ0) is 15.4. The van der Waals surface area contributed by atoms with E-state index in [2.05, 4.69) is 24.0 Å². The van der Waals surface area contributed by atoms with Gasteiger partial charge in [-0.3, -0.25) is 4.79 Å². The first kappa shape index (κ1) is 15.8. The molecule has 1 heterocycles. The highest BCUT2D eigenvalue weighted by Crippen LogP contribution is 2.27. The van der Waals surface area contributed by atoms with Crippen molar-refractivity contribution in [1.82, 2.24) is 10.2 Å². The Balaban J connectivity index is 2.46. The Morgan fingerprint density at radius 3 is 2.76 bits per heavy atom. The third kappa shape index (κ3) is 3.73. The number of aromatic amines is 1. The molecule has 21 heavy (non-hydrogen) atoms. The van der Waals surface area contributed by atoms with Gasteiger partial charge in [0.15, 0.2) is 0 Å². The fourth-order valence-electron chi connectivity index (χ4n) is 2.19. The van der Waals surface area contributed by atoms with Crippen LogP contribution in [0.4, 0.5) is 4.39 Å². The average molecular weight is 306 g/mol. The Bertz CT molecular complexity index is 682. The van der Waals surface area contributed by atoms with Crippen LogP contribution < -0.4 is 5.56 Å². The molecule has 112 valence electrons. The normalized spacial score (nSPS) is 11.1. The number of nitrogens with one attached hydrogen (secondary N) is 1. The number of nitrogens with zero attached hydrogens (tertiary/aromatic N) is 1. The van der Waals surface area contributed by atoms with Crippen LogP contribution in [-0.2, 0) is 6.42 Å². The first-order valence-corrected chi connectivity index (χ1v) is 8.16. The van der Waals surface area contributed by atoms with Crippen molar-refractivity contribution in [3.63, 3.8) is 0 Å². The molecule has 0 saturated heterocycles. The number of H-pyrrole nitrogens is 1. The monoisotopic (exact) mass is 306 g/mol. The second-order valence-corrected chi connectivity index (χ2v) is 6.22. The molecule has 2 aromatic rings. The molecule has 0 bridgehead atoms. The summed E-state index contributed by atoms with van der Waals surface area (Å²) in [6.07, 6.45) is 5.01. The molecule has 1 aromatic carbocycles. The molecule has 2 rings (SSSR count). The molecular weight excluding hydrogens is 287 g/mol. The number of aromatic nitrogens is 2. The lowest BCUT2D eigenvalue weighted by Crippen LogP contribution is -2.16. The van der Waals surface area contributed by atoms with E-state index in [9.17, 15) is 9.18 Å². The molecule has 0 aliphatic rings. The predicted octanol–water partition coefficient (Wildman–Crippen LogP) is 3.89. The Labute approximate surface area is 128 Å². The summed E-state index contributed by atoms with van der Waals surface area (Å²) in [6.45, 7) is 4.23. The number of hydrogen-bond donors (Lipinski definition) is 1. The maximum absolute atomic E-state index is 14.0. The highest BCUT2D eigenvalue weighted by molar-refractivity contribution is 7.98. The summed E-state index contributed by atoms with van der Waals surface area (Å²) < 4.78 is 14.0.